The molecule has 21 heavy (non-hydrogen) atoms. The molecule has 0 spiro atoms. The third-order valence-corrected chi connectivity index (χ3v) is 4.42. The van der Waals surface area contributed by atoms with E-state index in [1.807, 2.05) is 6.07 Å². The zero-order valence-electron chi connectivity index (χ0n) is 10.7. The molecule has 0 unspecified atom stereocenters. The smallest absolute Gasteiger partial charge is 0.258 e. The normalized spacial score (nSPS) is 19.0. The Morgan fingerprint density at radius 1 is 1.48 bits per heavy atom. The Balaban J connectivity index is 2.09. The number of fused-ring (bicyclic) bond motifs is 5. The number of halogens is 2. The summed E-state index contributed by atoms with van der Waals surface area (Å²) in [7, 11) is 0. The summed E-state index contributed by atoms with van der Waals surface area (Å²) in [6.07, 6.45) is 2.23. The van der Waals surface area contributed by atoms with Crippen LogP contribution in [-0.2, 0) is 0 Å². The van der Waals surface area contributed by atoms with Gasteiger partial charge in [0, 0.05) is 6.54 Å². The number of nitrogens with zero attached hydrogens (tertiary/aromatic N) is 4. The van der Waals surface area contributed by atoms with E-state index in [4.69, 9.17) is 11.6 Å². The van der Waals surface area contributed by atoms with E-state index in [1.54, 1.807) is 9.47 Å². The van der Waals surface area contributed by atoms with Gasteiger partial charge in [0.25, 0.3) is 5.91 Å². The Morgan fingerprint density at radius 3 is 2.95 bits per heavy atom. The lowest BCUT2D eigenvalue weighted by Gasteiger charge is -2.39. The van der Waals surface area contributed by atoms with Crippen LogP contribution in [0.4, 0.5) is 4.39 Å². The van der Waals surface area contributed by atoms with Gasteiger partial charge in [-0.3, -0.25) is 9.36 Å². The van der Waals surface area contributed by atoms with Crippen molar-refractivity contribution in [3.63, 3.8) is 0 Å². The molecule has 1 atom stereocenters. The fraction of sp³-hybridized carbons (Fsp3) is 0.214. The van der Waals surface area contributed by atoms with Crippen LogP contribution in [0.2, 0.25) is 5.02 Å². The minimum atomic E-state index is -0.634. The van der Waals surface area contributed by atoms with Crippen molar-refractivity contribution in [2.24, 2.45) is 0 Å². The van der Waals surface area contributed by atoms with Crippen molar-refractivity contribution in [3.8, 4) is 11.8 Å². The summed E-state index contributed by atoms with van der Waals surface area (Å²) in [5, 5.41) is 9.01. The second-order valence-corrected chi connectivity index (χ2v) is 5.40. The SMILES string of the molecule is N#Cc1ncn2c1[C@@H]1CCN1C(=O)c1c-2ccc(F)c1Cl. The quantitative estimate of drug-likeness (QED) is 0.751. The van der Waals surface area contributed by atoms with E-state index in [0.717, 1.165) is 6.42 Å². The van der Waals surface area contributed by atoms with Gasteiger partial charge < -0.3 is 4.90 Å². The molecule has 1 aromatic heterocycles. The highest BCUT2D eigenvalue weighted by atomic mass is 35.5. The second-order valence-electron chi connectivity index (χ2n) is 5.02. The van der Waals surface area contributed by atoms with Gasteiger partial charge in [-0.15, -0.1) is 0 Å². The lowest BCUT2D eigenvalue weighted by Crippen LogP contribution is -2.44. The first-order chi connectivity index (χ1) is 10.1. The number of hydrogen-bond acceptors (Lipinski definition) is 3. The summed E-state index contributed by atoms with van der Waals surface area (Å²) in [5.41, 5.74) is 1.54. The van der Waals surface area contributed by atoms with Gasteiger partial charge >= 0.3 is 0 Å². The molecular weight excluding hydrogens is 295 g/mol. The molecule has 4 rings (SSSR count). The number of nitriles is 1. The third-order valence-electron chi connectivity index (χ3n) is 4.05. The van der Waals surface area contributed by atoms with Gasteiger partial charge in [0.1, 0.15) is 18.2 Å². The number of aromatic nitrogens is 2. The van der Waals surface area contributed by atoms with Gasteiger partial charge in [0.2, 0.25) is 0 Å². The highest BCUT2D eigenvalue weighted by molar-refractivity contribution is 6.34. The first kappa shape index (κ1) is 12.4. The van der Waals surface area contributed by atoms with Gasteiger partial charge in [0.15, 0.2) is 5.69 Å². The van der Waals surface area contributed by atoms with E-state index in [9.17, 15) is 14.4 Å². The average Bonchev–Trinajstić information content (AvgIpc) is 2.81. The Bertz CT molecular complexity index is 838. The van der Waals surface area contributed by atoms with Crippen LogP contribution >= 0.6 is 11.6 Å². The summed E-state index contributed by atoms with van der Waals surface area (Å²) in [6.45, 7) is 0.561. The maximum atomic E-state index is 13.7. The fourth-order valence-corrected chi connectivity index (χ4v) is 3.20. The number of carbonyl (C=O) groups is 1. The fourth-order valence-electron chi connectivity index (χ4n) is 2.96. The van der Waals surface area contributed by atoms with Crippen molar-refractivity contribution < 1.29 is 9.18 Å². The van der Waals surface area contributed by atoms with Gasteiger partial charge in [0.05, 0.1) is 28.0 Å². The highest BCUT2D eigenvalue weighted by Gasteiger charge is 2.42. The molecular formula is C14H8ClFN4O. The Morgan fingerprint density at radius 2 is 2.29 bits per heavy atom. The van der Waals surface area contributed by atoms with Crippen molar-refractivity contribution in [2.75, 3.05) is 6.54 Å². The molecule has 1 amide bonds. The number of carbonyl (C=O) groups excluding carboxylic acids is 1. The van der Waals surface area contributed by atoms with Crippen molar-refractivity contribution in [3.05, 3.63) is 46.3 Å². The zero-order chi connectivity index (χ0) is 14.7. The Labute approximate surface area is 124 Å². The van der Waals surface area contributed by atoms with Crippen molar-refractivity contribution in [2.45, 2.75) is 12.5 Å². The van der Waals surface area contributed by atoms with Gasteiger partial charge in [-0.25, -0.2) is 9.37 Å². The molecule has 0 saturated carbocycles. The van der Waals surface area contributed by atoms with E-state index in [0.29, 0.717) is 17.9 Å². The molecule has 0 aliphatic carbocycles. The van der Waals surface area contributed by atoms with Gasteiger partial charge in [-0.2, -0.15) is 5.26 Å². The summed E-state index contributed by atoms with van der Waals surface area (Å²) in [4.78, 5) is 18.3. The highest BCUT2D eigenvalue weighted by Crippen LogP contribution is 2.42. The first-order valence-corrected chi connectivity index (χ1v) is 6.78. The summed E-state index contributed by atoms with van der Waals surface area (Å²) in [6, 6.07) is 4.54. The molecule has 2 aromatic rings. The van der Waals surface area contributed by atoms with Crippen LogP contribution in [0.3, 0.4) is 0 Å². The van der Waals surface area contributed by atoms with Gasteiger partial charge in [-0.1, -0.05) is 11.6 Å². The lowest BCUT2D eigenvalue weighted by atomic mass is 9.98. The van der Waals surface area contributed by atoms with Crippen LogP contribution in [0, 0.1) is 17.1 Å². The Kier molecular flexibility index (Phi) is 2.39. The molecule has 0 bridgehead atoms. The largest absolute Gasteiger partial charge is 0.330 e. The number of amides is 1. The van der Waals surface area contributed by atoms with Crippen LogP contribution in [-0.4, -0.2) is 26.9 Å². The minimum Gasteiger partial charge on any atom is -0.330 e. The molecule has 5 nitrogen and oxygen atoms in total. The molecule has 0 N–H and O–H groups in total. The molecule has 7 heteroatoms. The van der Waals surface area contributed by atoms with Gasteiger partial charge in [-0.05, 0) is 18.6 Å². The van der Waals surface area contributed by atoms with Crippen molar-refractivity contribution in [1.82, 2.24) is 14.5 Å². The standard InChI is InChI=1S/C14H8ClFN4O/c15-12-7(16)1-2-9-11(12)14(21)19-4-3-10(19)13-8(5-17)18-6-20(9)13/h1-2,6,10H,3-4H2/t10-/m0/s1. The van der Waals surface area contributed by atoms with Crippen LogP contribution in [0.15, 0.2) is 18.5 Å². The van der Waals surface area contributed by atoms with E-state index in [2.05, 4.69) is 4.98 Å². The van der Waals surface area contributed by atoms with Crippen LogP contribution in [0.1, 0.15) is 34.2 Å². The summed E-state index contributed by atoms with van der Waals surface area (Å²) in [5.74, 6) is -0.941. The molecule has 1 saturated heterocycles. The second kappa shape index (κ2) is 4.06. The molecule has 2 aliphatic rings. The molecule has 3 heterocycles. The predicted molar refractivity (Wildman–Crippen MR) is 71.6 cm³/mol. The Hall–Kier alpha value is -2.39. The maximum Gasteiger partial charge on any atom is 0.258 e. The molecule has 1 fully saturated rings. The number of benzene rings is 1. The van der Waals surface area contributed by atoms with Crippen LogP contribution in [0.25, 0.3) is 5.69 Å². The van der Waals surface area contributed by atoms with Crippen LogP contribution < -0.4 is 0 Å². The lowest BCUT2D eigenvalue weighted by molar-refractivity contribution is 0.0459. The topological polar surface area (TPSA) is 61.9 Å². The van der Waals surface area contributed by atoms with Crippen molar-refractivity contribution >= 4 is 17.5 Å². The number of imidazole rings is 1. The van der Waals surface area contributed by atoms with E-state index in [1.165, 1.54) is 18.5 Å². The monoisotopic (exact) mass is 302 g/mol. The first-order valence-electron chi connectivity index (χ1n) is 6.40. The molecule has 104 valence electrons. The molecule has 0 radical (unpaired) electrons. The minimum absolute atomic E-state index is 0.127. The molecule has 1 aromatic carbocycles. The number of rotatable bonds is 0. The summed E-state index contributed by atoms with van der Waals surface area (Å²) < 4.78 is 15.4. The van der Waals surface area contributed by atoms with E-state index >= 15 is 0 Å². The number of hydrogen-bond donors (Lipinski definition) is 0. The predicted octanol–water partition coefficient (Wildman–Crippen LogP) is 2.44. The third kappa shape index (κ3) is 1.44. The molecule has 2 aliphatic heterocycles. The maximum absolute atomic E-state index is 13.7. The summed E-state index contributed by atoms with van der Waals surface area (Å²) >= 11 is 6.00. The van der Waals surface area contributed by atoms with E-state index < -0.39 is 5.82 Å². The average molecular weight is 303 g/mol. The van der Waals surface area contributed by atoms with Crippen molar-refractivity contribution in [1.29, 1.82) is 5.26 Å². The van der Waals surface area contributed by atoms with E-state index in [-0.39, 0.29) is 28.2 Å². The zero-order valence-corrected chi connectivity index (χ0v) is 11.4. The van der Waals surface area contributed by atoms with Crippen LogP contribution in [0.5, 0.6) is 0 Å².